The molecule has 1 aromatic rings. The Balaban J connectivity index is 1.26. The lowest BCUT2D eigenvalue weighted by Gasteiger charge is -2.37. The van der Waals surface area contributed by atoms with Crippen molar-refractivity contribution in [3.05, 3.63) is 11.8 Å². The highest BCUT2D eigenvalue weighted by Gasteiger charge is 2.30. The third-order valence-corrected chi connectivity index (χ3v) is 5.76. The molecular formula is C18H30N4O. The number of rotatable bonds is 5. The van der Waals surface area contributed by atoms with Gasteiger partial charge in [0.05, 0.1) is 6.54 Å². The van der Waals surface area contributed by atoms with Gasteiger partial charge in [0, 0.05) is 19.0 Å². The molecule has 1 atom stereocenters. The van der Waals surface area contributed by atoms with Gasteiger partial charge >= 0.3 is 0 Å². The number of nitrogens with zero attached hydrogens (tertiary/aromatic N) is 4. The van der Waals surface area contributed by atoms with E-state index in [0.29, 0.717) is 5.92 Å². The van der Waals surface area contributed by atoms with E-state index in [4.69, 9.17) is 4.42 Å². The fraction of sp³-hybridized carbons (Fsp3) is 0.889. The standard InChI is InChI=1S/C18H30N4O/c1-14-6-9-21(10-7-14)11-15-3-2-8-22(12-15)13-17-19-20-18(23-17)16-4-5-16/h14-16H,2-13H2,1H3/t15-/m0/s1. The van der Waals surface area contributed by atoms with Crippen molar-refractivity contribution in [2.45, 2.75) is 57.9 Å². The van der Waals surface area contributed by atoms with E-state index < -0.39 is 0 Å². The minimum Gasteiger partial charge on any atom is -0.424 e. The van der Waals surface area contributed by atoms with Gasteiger partial charge in [0.15, 0.2) is 0 Å². The Kier molecular flexibility index (Phi) is 4.67. The number of piperidine rings is 2. The molecule has 0 unspecified atom stereocenters. The maximum Gasteiger partial charge on any atom is 0.230 e. The van der Waals surface area contributed by atoms with E-state index in [9.17, 15) is 0 Å². The van der Waals surface area contributed by atoms with E-state index in [-0.39, 0.29) is 0 Å². The van der Waals surface area contributed by atoms with E-state index in [2.05, 4.69) is 26.9 Å². The first-order valence-electron chi connectivity index (χ1n) is 9.53. The molecule has 1 aromatic heterocycles. The van der Waals surface area contributed by atoms with Gasteiger partial charge < -0.3 is 9.32 Å². The van der Waals surface area contributed by atoms with Crippen molar-refractivity contribution < 1.29 is 4.42 Å². The lowest BCUT2D eigenvalue weighted by molar-refractivity contribution is 0.103. The average Bonchev–Trinajstić information content (AvgIpc) is 3.30. The van der Waals surface area contributed by atoms with Crippen LogP contribution in [0.5, 0.6) is 0 Å². The average molecular weight is 318 g/mol. The smallest absolute Gasteiger partial charge is 0.230 e. The molecule has 2 aliphatic heterocycles. The highest BCUT2D eigenvalue weighted by molar-refractivity contribution is 5.00. The summed E-state index contributed by atoms with van der Waals surface area (Å²) in [6.07, 6.45) is 7.88. The largest absolute Gasteiger partial charge is 0.424 e. The molecule has 3 fully saturated rings. The molecule has 2 saturated heterocycles. The molecular weight excluding hydrogens is 288 g/mol. The molecule has 23 heavy (non-hydrogen) atoms. The zero-order valence-electron chi connectivity index (χ0n) is 14.4. The number of likely N-dealkylation sites (tertiary alicyclic amines) is 2. The first-order valence-corrected chi connectivity index (χ1v) is 9.53. The Morgan fingerprint density at radius 2 is 1.83 bits per heavy atom. The maximum absolute atomic E-state index is 5.83. The molecule has 1 saturated carbocycles. The van der Waals surface area contributed by atoms with Gasteiger partial charge in [-0.1, -0.05) is 6.92 Å². The lowest BCUT2D eigenvalue weighted by atomic mass is 9.94. The van der Waals surface area contributed by atoms with Gasteiger partial charge in [0.25, 0.3) is 0 Å². The van der Waals surface area contributed by atoms with E-state index in [1.165, 1.54) is 71.2 Å². The predicted octanol–water partition coefficient (Wildman–Crippen LogP) is 2.89. The zero-order chi connectivity index (χ0) is 15.6. The van der Waals surface area contributed by atoms with Gasteiger partial charge in [-0.15, -0.1) is 10.2 Å². The van der Waals surface area contributed by atoms with Crippen molar-refractivity contribution in [2.24, 2.45) is 11.8 Å². The van der Waals surface area contributed by atoms with E-state index in [1.807, 2.05) is 0 Å². The summed E-state index contributed by atoms with van der Waals surface area (Å²) >= 11 is 0. The molecule has 0 radical (unpaired) electrons. The predicted molar refractivity (Wildman–Crippen MR) is 89.1 cm³/mol. The van der Waals surface area contributed by atoms with Gasteiger partial charge in [-0.25, -0.2) is 0 Å². The van der Waals surface area contributed by atoms with Crippen LogP contribution in [0.3, 0.4) is 0 Å². The third-order valence-electron chi connectivity index (χ3n) is 5.76. The van der Waals surface area contributed by atoms with Crippen LogP contribution in [0.4, 0.5) is 0 Å². The molecule has 4 rings (SSSR count). The Bertz CT molecular complexity index is 505. The number of hydrogen-bond acceptors (Lipinski definition) is 5. The molecule has 0 amide bonds. The van der Waals surface area contributed by atoms with Crippen molar-refractivity contribution in [2.75, 3.05) is 32.7 Å². The first kappa shape index (κ1) is 15.6. The number of hydrogen-bond donors (Lipinski definition) is 0. The van der Waals surface area contributed by atoms with Crippen molar-refractivity contribution in [1.29, 1.82) is 0 Å². The molecule has 3 aliphatic rings. The Hall–Kier alpha value is -0.940. The second kappa shape index (κ2) is 6.89. The van der Waals surface area contributed by atoms with Crippen LogP contribution in [0.1, 0.15) is 63.1 Å². The summed E-state index contributed by atoms with van der Waals surface area (Å²) in [6.45, 7) is 9.47. The van der Waals surface area contributed by atoms with Crippen molar-refractivity contribution in [3.8, 4) is 0 Å². The lowest BCUT2D eigenvalue weighted by Crippen LogP contribution is -2.43. The monoisotopic (exact) mass is 318 g/mol. The van der Waals surface area contributed by atoms with Crippen LogP contribution in [0.2, 0.25) is 0 Å². The van der Waals surface area contributed by atoms with Crippen molar-refractivity contribution in [3.63, 3.8) is 0 Å². The highest BCUT2D eigenvalue weighted by atomic mass is 16.4. The SMILES string of the molecule is CC1CCN(C[C@@H]2CCCN(Cc3nnc(C4CC4)o3)C2)CC1. The van der Waals surface area contributed by atoms with Gasteiger partial charge in [-0.05, 0) is 70.0 Å². The molecule has 0 aromatic carbocycles. The fourth-order valence-corrected chi connectivity index (χ4v) is 4.07. The quantitative estimate of drug-likeness (QED) is 0.835. The van der Waals surface area contributed by atoms with Crippen LogP contribution in [0, 0.1) is 11.8 Å². The van der Waals surface area contributed by atoms with Crippen LogP contribution >= 0.6 is 0 Å². The van der Waals surface area contributed by atoms with E-state index in [1.54, 1.807) is 0 Å². The van der Waals surface area contributed by atoms with E-state index in [0.717, 1.165) is 30.2 Å². The summed E-state index contributed by atoms with van der Waals surface area (Å²) in [4.78, 5) is 5.21. The van der Waals surface area contributed by atoms with Gasteiger partial charge in [0.1, 0.15) is 0 Å². The summed E-state index contributed by atoms with van der Waals surface area (Å²) in [5.41, 5.74) is 0. The minimum atomic E-state index is 0.562. The topological polar surface area (TPSA) is 45.4 Å². The third kappa shape index (κ3) is 4.13. The molecule has 3 heterocycles. The summed E-state index contributed by atoms with van der Waals surface area (Å²) in [6, 6.07) is 0. The minimum absolute atomic E-state index is 0.562. The summed E-state index contributed by atoms with van der Waals surface area (Å²) in [7, 11) is 0. The molecule has 0 spiro atoms. The Morgan fingerprint density at radius 1 is 1.00 bits per heavy atom. The van der Waals surface area contributed by atoms with Crippen LogP contribution in [0.15, 0.2) is 4.42 Å². The maximum atomic E-state index is 5.83. The zero-order valence-corrected chi connectivity index (χ0v) is 14.4. The Morgan fingerprint density at radius 3 is 2.61 bits per heavy atom. The van der Waals surface area contributed by atoms with Crippen LogP contribution in [-0.4, -0.2) is 52.7 Å². The summed E-state index contributed by atoms with van der Waals surface area (Å²) in [5, 5.41) is 8.46. The van der Waals surface area contributed by atoms with Gasteiger partial charge in [-0.2, -0.15) is 0 Å². The first-order chi connectivity index (χ1) is 11.3. The highest BCUT2D eigenvalue weighted by Crippen LogP contribution is 2.39. The fourth-order valence-electron chi connectivity index (χ4n) is 4.07. The molecule has 0 N–H and O–H groups in total. The second-order valence-corrected chi connectivity index (χ2v) is 8.03. The summed E-state index contributed by atoms with van der Waals surface area (Å²) < 4.78 is 5.83. The van der Waals surface area contributed by atoms with Gasteiger partial charge in [-0.3, -0.25) is 4.90 Å². The van der Waals surface area contributed by atoms with Crippen molar-refractivity contribution >= 4 is 0 Å². The van der Waals surface area contributed by atoms with Crippen molar-refractivity contribution in [1.82, 2.24) is 20.0 Å². The molecule has 5 nitrogen and oxygen atoms in total. The molecule has 5 heteroatoms. The molecule has 1 aliphatic carbocycles. The van der Waals surface area contributed by atoms with E-state index >= 15 is 0 Å². The van der Waals surface area contributed by atoms with Crippen LogP contribution in [-0.2, 0) is 6.54 Å². The summed E-state index contributed by atoms with van der Waals surface area (Å²) in [5.74, 6) is 3.98. The second-order valence-electron chi connectivity index (χ2n) is 8.03. The Labute approximate surface area is 139 Å². The van der Waals surface area contributed by atoms with Crippen LogP contribution in [0.25, 0.3) is 0 Å². The van der Waals surface area contributed by atoms with Crippen LogP contribution < -0.4 is 0 Å². The normalized spacial score (nSPS) is 28.3. The number of aromatic nitrogens is 2. The molecule has 128 valence electrons. The molecule has 0 bridgehead atoms. The van der Waals surface area contributed by atoms with Gasteiger partial charge in [0.2, 0.25) is 11.8 Å².